The lowest BCUT2D eigenvalue weighted by Crippen LogP contribution is -2.18. The van der Waals surface area contributed by atoms with Gasteiger partial charge in [0, 0.05) is 6.07 Å². The second-order valence-corrected chi connectivity index (χ2v) is 8.51. The zero-order valence-corrected chi connectivity index (χ0v) is 18.3. The standard InChI is InChI=1S/C17H8Br2F3N3O4S/c18-9-3-7(5-13-15(26)24-16(23)30-13)4-10(19)14(9)29-12-2-1-8(17(20,21)22)6-11(12)25(27)28/h1-6H,(H2,23,24,26). The lowest BCUT2D eigenvalue weighted by molar-refractivity contribution is -0.385. The van der Waals surface area contributed by atoms with Crippen molar-refractivity contribution >= 4 is 66.5 Å². The number of carbonyl (C=O) groups is 1. The number of carbonyl (C=O) groups excluding carboxylic acids is 1. The van der Waals surface area contributed by atoms with Gasteiger partial charge < -0.3 is 10.1 Å². The molecule has 1 amide bonds. The maximum Gasteiger partial charge on any atom is 0.416 e. The topological polar surface area (TPSA) is 105 Å². The molecule has 1 aliphatic heterocycles. The van der Waals surface area contributed by atoms with Gasteiger partial charge in [0.2, 0.25) is 5.75 Å². The van der Waals surface area contributed by atoms with Gasteiger partial charge in [-0.1, -0.05) is 0 Å². The van der Waals surface area contributed by atoms with Gasteiger partial charge in [0.05, 0.1) is 24.3 Å². The maximum atomic E-state index is 12.9. The van der Waals surface area contributed by atoms with Gasteiger partial charge in [0.15, 0.2) is 10.9 Å². The molecule has 1 saturated heterocycles. The minimum atomic E-state index is -4.74. The molecule has 0 unspecified atom stereocenters. The van der Waals surface area contributed by atoms with Crippen LogP contribution in [-0.4, -0.2) is 16.0 Å². The molecule has 2 aromatic rings. The number of amides is 1. The van der Waals surface area contributed by atoms with Crippen LogP contribution >= 0.6 is 43.6 Å². The third-order valence-electron chi connectivity index (χ3n) is 3.68. The van der Waals surface area contributed by atoms with Gasteiger partial charge in [-0.3, -0.25) is 20.3 Å². The Morgan fingerprint density at radius 2 is 1.83 bits per heavy atom. The first kappa shape index (κ1) is 22.3. The number of nitro benzene ring substituents is 1. The molecule has 0 radical (unpaired) electrons. The highest BCUT2D eigenvalue weighted by molar-refractivity contribution is 9.11. The van der Waals surface area contributed by atoms with Crippen molar-refractivity contribution in [1.29, 1.82) is 5.41 Å². The average molecular weight is 567 g/mol. The summed E-state index contributed by atoms with van der Waals surface area (Å²) < 4.78 is 44.7. The fourth-order valence-corrected chi connectivity index (χ4v) is 4.47. The number of ether oxygens (including phenoxy) is 1. The minimum Gasteiger partial charge on any atom is -0.448 e. The molecule has 0 spiro atoms. The lowest BCUT2D eigenvalue weighted by Gasteiger charge is -2.13. The third kappa shape index (κ3) is 4.84. The van der Waals surface area contributed by atoms with E-state index in [0.717, 1.165) is 17.8 Å². The van der Waals surface area contributed by atoms with Crippen LogP contribution in [0, 0.1) is 15.5 Å². The normalized spacial score (nSPS) is 15.4. The fourth-order valence-electron chi connectivity index (χ4n) is 2.39. The summed E-state index contributed by atoms with van der Waals surface area (Å²) in [6.07, 6.45) is -3.21. The largest absolute Gasteiger partial charge is 0.448 e. The number of rotatable bonds is 4. The van der Waals surface area contributed by atoms with Crippen LogP contribution < -0.4 is 10.1 Å². The van der Waals surface area contributed by atoms with Crippen molar-refractivity contribution in [2.45, 2.75) is 6.18 Å². The van der Waals surface area contributed by atoms with Crippen LogP contribution in [0.4, 0.5) is 18.9 Å². The summed E-state index contributed by atoms with van der Waals surface area (Å²) in [5.74, 6) is -0.700. The Morgan fingerprint density at radius 1 is 1.20 bits per heavy atom. The minimum absolute atomic E-state index is 0.000974. The number of nitro groups is 1. The van der Waals surface area contributed by atoms with Gasteiger partial charge in [-0.15, -0.1) is 0 Å². The molecule has 30 heavy (non-hydrogen) atoms. The zero-order chi connectivity index (χ0) is 22.2. The van der Waals surface area contributed by atoms with E-state index in [1.807, 2.05) is 0 Å². The van der Waals surface area contributed by atoms with E-state index in [1.54, 1.807) is 12.1 Å². The molecule has 2 N–H and O–H groups in total. The first-order valence-corrected chi connectivity index (χ1v) is 10.2. The molecule has 1 fully saturated rings. The number of halogens is 5. The zero-order valence-electron chi connectivity index (χ0n) is 14.3. The Hall–Kier alpha value is -2.38. The Labute approximate surface area is 187 Å². The Balaban J connectivity index is 1.96. The predicted molar refractivity (Wildman–Crippen MR) is 111 cm³/mol. The lowest BCUT2D eigenvalue weighted by atomic mass is 10.1. The van der Waals surface area contributed by atoms with Crippen LogP contribution in [0.1, 0.15) is 11.1 Å². The van der Waals surface area contributed by atoms with Gasteiger partial charge in [0.25, 0.3) is 5.91 Å². The molecule has 0 aromatic heterocycles. The number of nitrogens with zero attached hydrogens (tertiary/aromatic N) is 1. The first-order valence-electron chi connectivity index (χ1n) is 7.77. The summed E-state index contributed by atoms with van der Waals surface area (Å²) in [5.41, 5.74) is -1.46. The second kappa shape index (κ2) is 8.40. The molecule has 7 nitrogen and oxygen atoms in total. The van der Waals surface area contributed by atoms with Crippen molar-refractivity contribution in [1.82, 2.24) is 5.32 Å². The van der Waals surface area contributed by atoms with E-state index in [4.69, 9.17) is 10.1 Å². The monoisotopic (exact) mass is 565 g/mol. The summed E-state index contributed by atoms with van der Waals surface area (Å²) in [6, 6.07) is 5.08. The Bertz CT molecular complexity index is 1100. The maximum absolute atomic E-state index is 12.9. The molecule has 2 aromatic carbocycles. The summed E-state index contributed by atoms with van der Waals surface area (Å²) in [7, 11) is 0. The van der Waals surface area contributed by atoms with Crippen molar-refractivity contribution in [2.24, 2.45) is 0 Å². The highest BCUT2D eigenvalue weighted by Gasteiger charge is 2.33. The Kier molecular flexibility index (Phi) is 6.24. The van der Waals surface area contributed by atoms with Gasteiger partial charge >= 0.3 is 11.9 Å². The van der Waals surface area contributed by atoms with Crippen molar-refractivity contribution in [2.75, 3.05) is 0 Å². The number of thioether (sulfide) groups is 1. The van der Waals surface area contributed by atoms with E-state index in [2.05, 4.69) is 37.2 Å². The number of nitrogens with one attached hydrogen (secondary N) is 2. The van der Waals surface area contributed by atoms with Crippen LogP contribution in [0.15, 0.2) is 44.2 Å². The average Bonchev–Trinajstić information content (AvgIpc) is 2.94. The summed E-state index contributed by atoms with van der Waals surface area (Å²) in [4.78, 5) is 22.3. The van der Waals surface area contributed by atoms with Crippen molar-refractivity contribution in [3.05, 3.63) is 65.4 Å². The molecule has 1 aliphatic rings. The first-order chi connectivity index (χ1) is 14.0. The molecular weight excluding hydrogens is 559 g/mol. The van der Waals surface area contributed by atoms with E-state index in [0.29, 0.717) is 31.5 Å². The second-order valence-electron chi connectivity index (χ2n) is 5.75. The van der Waals surface area contributed by atoms with E-state index >= 15 is 0 Å². The fraction of sp³-hybridized carbons (Fsp3) is 0.0588. The molecule has 0 bridgehead atoms. The molecule has 3 rings (SSSR count). The van der Waals surface area contributed by atoms with Gasteiger partial charge in [-0.2, -0.15) is 13.2 Å². The van der Waals surface area contributed by atoms with E-state index < -0.39 is 28.3 Å². The van der Waals surface area contributed by atoms with E-state index in [9.17, 15) is 28.1 Å². The quantitative estimate of drug-likeness (QED) is 0.265. The summed E-state index contributed by atoms with van der Waals surface area (Å²) >= 11 is 7.46. The SMILES string of the molecule is N=C1NC(=O)C(=Cc2cc(Br)c(Oc3ccc(C(F)(F)F)cc3[N+](=O)[O-])c(Br)c2)S1. The van der Waals surface area contributed by atoms with Crippen molar-refractivity contribution in [3.8, 4) is 11.5 Å². The van der Waals surface area contributed by atoms with Gasteiger partial charge in [-0.25, -0.2) is 0 Å². The van der Waals surface area contributed by atoms with Crippen LogP contribution in [-0.2, 0) is 11.0 Å². The molecule has 1 heterocycles. The number of amidine groups is 1. The van der Waals surface area contributed by atoms with Crippen LogP contribution in [0.3, 0.4) is 0 Å². The predicted octanol–water partition coefficient (Wildman–Crippen LogP) is 6.07. The molecule has 0 atom stereocenters. The summed E-state index contributed by atoms with van der Waals surface area (Å²) in [6.45, 7) is 0. The molecular formula is C17H8Br2F3N3O4S. The smallest absolute Gasteiger partial charge is 0.416 e. The number of alkyl halides is 3. The van der Waals surface area contributed by atoms with Crippen LogP contribution in [0.25, 0.3) is 6.08 Å². The molecule has 156 valence electrons. The Morgan fingerprint density at radius 3 is 2.33 bits per heavy atom. The van der Waals surface area contributed by atoms with Gasteiger partial charge in [-0.05, 0) is 79.5 Å². The third-order valence-corrected chi connectivity index (χ3v) is 5.68. The number of hydrogen-bond acceptors (Lipinski definition) is 6. The summed E-state index contributed by atoms with van der Waals surface area (Å²) in [5, 5.41) is 21.0. The highest BCUT2D eigenvalue weighted by atomic mass is 79.9. The molecule has 13 heteroatoms. The van der Waals surface area contributed by atoms with Crippen molar-refractivity contribution < 1.29 is 27.6 Å². The van der Waals surface area contributed by atoms with Crippen molar-refractivity contribution in [3.63, 3.8) is 0 Å². The number of benzene rings is 2. The van der Waals surface area contributed by atoms with Gasteiger partial charge in [0.1, 0.15) is 0 Å². The van der Waals surface area contributed by atoms with Crippen LogP contribution in [0.5, 0.6) is 11.5 Å². The molecule has 0 saturated carbocycles. The number of hydrogen-bond donors (Lipinski definition) is 2. The highest BCUT2D eigenvalue weighted by Crippen LogP contribution is 2.43. The molecule has 0 aliphatic carbocycles. The van der Waals surface area contributed by atoms with E-state index in [-0.39, 0.29) is 16.7 Å². The van der Waals surface area contributed by atoms with E-state index in [1.165, 1.54) is 6.08 Å². The van der Waals surface area contributed by atoms with Crippen LogP contribution in [0.2, 0.25) is 0 Å².